The maximum Gasteiger partial charge on any atom is 0.149 e. The van der Waals surface area contributed by atoms with Crippen molar-refractivity contribution in [2.24, 2.45) is 5.73 Å². The molecular formula is C12H13FN2. The van der Waals surface area contributed by atoms with Crippen molar-refractivity contribution in [1.82, 2.24) is 4.98 Å². The van der Waals surface area contributed by atoms with Crippen molar-refractivity contribution in [2.45, 2.75) is 13.3 Å². The first-order valence-electron chi connectivity index (χ1n) is 4.97. The quantitative estimate of drug-likeness (QED) is 0.814. The number of fused-ring (bicyclic) bond motifs is 1. The summed E-state index contributed by atoms with van der Waals surface area (Å²) in [6, 6.07) is 6.99. The molecule has 78 valence electrons. The largest absolute Gasteiger partial charge is 0.330 e. The first-order valence-corrected chi connectivity index (χ1v) is 4.97. The van der Waals surface area contributed by atoms with Crippen molar-refractivity contribution in [3.63, 3.8) is 0 Å². The van der Waals surface area contributed by atoms with E-state index in [1.807, 2.05) is 19.1 Å². The number of pyridine rings is 1. The second-order valence-electron chi connectivity index (χ2n) is 3.60. The van der Waals surface area contributed by atoms with E-state index in [-0.39, 0.29) is 5.82 Å². The van der Waals surface area contributed by atoms with Gasteiger partial charge in [0.2, 0.25) is 0 Å². The zero-order valence-electron chi connectivity index (χ0n) is 8.63. The molecule has 1 heterocycles. The smallest absolute Gasteiger partial charge is 0.149 e. The van der Waals surface area contributed by atoms with E-state index in [4.69, 9.17) is 5.73 Å². The van der Waals surface area contributed by atoms with E-state index in [0.717, 1.165) is 23.1 Å². The minimum Gasteiger partial charge on any atom is -0.330 e. The van der Waals surface area contributed by atoms with Crippen LogP contribution in [0.1, 0.15) is 11.3 Å². The fourth-order valence-electron chi connectivity index (χ4n) is 1.79. The molecule has 0 spiro atoms. The van der Waals surface area contributed by atoms with Crippen molar-refractivity contribution >= 4 is 10.9 Å². The monoisotopic (exact) mass is 204 g/mol. The number of aromatic nitrogens is 1. The van der Waals surface area contributed by atoms with Crippen molar-refractivity contribution in [3.05, 3.63) is 41.3 Å². The van der Waals surface area contributed by atoms with Gasteiger partial charge in [-0.3, -0.25) is 4.98 Å². The van der Waals surface area contributed by atoms with Gasteiger partial charge < -0.3 is 5.73 Å². The average Bonchev–Trinajstić information content (AvgIpc) is 2.20. The van der Waals surface area contributed by atoms with Crippen LogP contribution in [-0.2, 0) is 6.42 Å². The Labute approximate surface area is 87.9 Å². The Morgan fingerprint density at radius 2 is 2.20 bits per heavy atom. The van der Waals surface area contributed by atoms with Crippen LogP contribution in [0.4, 0.5) is 4.39 Å². The molecule has 2 nitrogen and oxygen atoms in total. The van der Waals surface area contributed by atoms with Gasteiger partial charge in [-0.05, 0) is 37.6 Å². The number of hydrogen-bond acceptors (Lipinski definition) is 2. The summed E-state index contributed by atoms with van der Waals surface area (Å²) in [6.45, 7) is 2.43. The van der Waals surface area contributed by atoms with Gasteiger partial charge in [-0.2, -0.15) is 0 Å². The SMILES string of the molecule is Cc1cc(CCN)c2cccc(F)c2n1. The molecule has 2 rings (SSSR count). The van der Waals surface area contributed by atoms with Crippen LogP contribution < -0.4 is 5.73 Å². The van der Waals surface area contributed by atoms with Crippen LogP contribution in [0.2, 0.25) is 0 Å². The van der Waals surface area contributed by atoms with Crippen LogP contribution in [0.3, 0.4) is 0 Å². The number of nitrogens with zero attached hydrogens (tertiary/aromatic N) is 1. The first kappa shape index (κ1) is 10.1. The van der Waals surface area contributed by atoms with Crippen LogP contribution >= 0.6 is 0 Å². The number of halogens is 1. The van der Waals surface area contributed by atoms with E-state index in [9.17, 15) is 4.39 Å². The van der Waals surface area contributed by atoms with Crippen molar-refractivity contribution in [3.8, 4) is 0 Å². The zero-order chi connectivity index (χ0) is 10.8. The maximum atomic E-state index is 13.5. The lowest BCUT2D eigenvalue weighted by Crippen LogP contribution is -2.04. The summed E-state index contributed by atoms with van der Waals surface area (Å²) in [7, 11) is 0. The summed E-state index contributed by atoms with van der Waals surface area (Å²) in [5, 5.41) is 0.867. The van der Waals surface area contributed by atoms with Gasteiger partial charge in [0.1, 0.15) is 11.3 Å². The van der Waals surface area contributed by atoms with Gasteiger partial charge in [-0.1, -0.05) is 12.1 Å². The van der Waals surface area contributed by atoms with Crippen LogP contribution in [0.5, 0.6) is 0 Å². The third kappa shape index (κ3) is 1.83. The molecule has 2 aromatic rings. The molecule has 0 aliphatic carbocycles. The molecule has 2 N–H and O–H groups in total. The molecule has 0 atom stereocenters. The molecule has 0 fully saturated rings. The number of benzene rings is 1. The molecule has 0 saturated heterocycles. The third-order valence-corrected chi connectivity index (χ3v) is 2.42. The van der Waals surface area contributed by atoms with Gasteiger partial charge in [-0.25, -0.2) is 4.39 Å². The Bertz CT molecular complexity index is 494. The summed E-state index contributed by atoms with van der Waals surface area (Å²) in [5.41, 5.74) is 7.87. The highest BCUT2D eigenvalue weighted by Crippen LogP contribution is 2.20. The predicted octanol–water partition coefficient (Wildman–Crippen LogP) is 2.18. The summed E-state index contributed by atoms with van der Waals surface area (Å²) >= 11 is 0. The first-order chi connectivity index (χ1) is 7.22. The average molecular weight is 204 g/mol. The summed E-state index contributed by atoms with van der Waals surface area (Å²) in [5.74, 6) is -0.269. The lowest BCUT2D eigenvalue weighted by atomic mass is 10.0. The third-order valence-electron chi connectivity index (χ3n) is 2.42. The number of hydrogen-bond donors (Lipinski definition) is 1. The topological polar surface area (TPSA) is 38.9 Å². The molecule has 0 bridgehead atoms. The molecule has 1 aromatic heterocycles. The molecule has 0 saturated carbocycles. The Balaban J connectivity index is 2.74. The Kier molecular flexibility index (Phi) is 2.64. The lowest BCUT2D eigenvalue weighted by molar-refractivity contribution is 0.636. The van der Waals surface area contributed by atoms with E-state index >= 15 is 0 Å². The normalized spacial score (nSPS) is 10.9. The molecule has 0 unspecified atom stereocenters. The van der Waals surface area contributed by atoms with Crippen molar-refractivity contribution in [2.75, 3.05) is 6.54 Å². The van der Waals surface area contributed by atoms with Crippen LogP contribution in [0.15, 0.2) is 24.3 Å². The van der Waals surface area contributed by atoms with Gasteiger partial charge in [0.05, 0.1) is 0 Å². The second-order valence-corrected chi connectivity index (χ2v) is 3.60. The zero-order valence-corrected chi connectivity index (χ0v) is 8.63. The molecular weight excluding hydrogens is 191 g/mol. The van der Waals surface area contributed by atoms with Crippen LogP contribution in [0, 0.1) is 12.7 Å². The summed E-state index contributed by atoms with van der Waals surface area (Å²) < 4.78 is 13.5. The lowest BCUT2D eigenvalue weighted by Gasteiger charge is -2.07. The van der Waals surface area contributed by atoms with Gasteiger partial charge >= 0.3 is 0 Å². The van der Waals surface area contributed by atoms with E-state index in [1.165, 1.54) is 6.07 Å². The summed E-state index contributed by atoms with van der Waals surface area (Å²) in [6.07, 6.45) is 0.753. The minimum atomic E-state index is -0.269. The Morgan fingerprint density at radius 3 is 2.93 bits per heavy atom. The van der Waals surface area contributed by atoms with Gasteiger partial charge in [0.15, 0.2) is 0 Å². The fourth-order valence-corrected chi connectivity index (χ4v) is 1.79. The highest BCUT2D eigenvalue weighted by Gasteiger charge is 2.06. The van der Waals surface area contributed by atoms with Crippen molar-refractivity contribution in [1.29, 1.82) is 0 Å². The highest BCUT2D eigenvalue weighted by atomic mass is 19.1. The fraction of sp³-hybridized carbons (Fsp3) is 0.250. The van der Waals surface area contributed by atoms with Crippen LogP contribution in [-0.4, -0.2) is 11.5 Å². The van der Waals surface area contributed by atoms with Gasteiger partial charge in [0.25, 0.3) is 0 Å². The second kappa shape index (κ2) is 3.95. The number of nitrogens with two attached hydrogens (primary N) is 1. The molecule has 0 aliphatic rings. The van der Waals surface area contributed by atoms with Crippen molar-refractivity contribution < 1.29 is 4.39 Å². The molecule has 1 aromatic carbocycles. The Hall–Kier alpha value is -1.48. The van der Waals surface area contributed by atoms with Gasteiger partial charge in [0, 0.05) is 11.1 Å². The number of para-hydroxylation sites is 1. The van der Waals surface area contributed by atoms with E-state index in [2.05, 4.69) is 4.98 Å². The molecule has 0 amide bonds. The standard InChI is InChI=1S/C12H13FN2/c1-8-7-9(5-6-14)10-3-2-4-11(13)12(10)15-8/h2-4,7H,5-6,14H2,1H3. The van der Waals surface area contributed by atoms with Crippen LogP contribution in [0.25, 0.3) is 10.9 Å². The summed E-state index contributed by atoms with van der Waals surface area (Å²) in [4.78, 5) is 4.20. The molecule has 0 radical (unpaired) electrons. The maximum absolute atomic E-state index is 13.5. The van der Waals surface area contributed by atoms with Gasteiger partial charge in [-0.15, -0.1) is 0 Å². The molecule has 15 heavy (non-hydrogen) atoms. The predicted molar refractivity (Wildman–Crippen MR) is 59.2 cm³/mol. The Morgan fingerprint density at radius 1 is 1.40 bits per heavy atom. The highest BCUT2D eigenvalue weighted by molar-refractivity contribution is 5.82. The molecule has 3 heteroatoms. The molecule has 0 aliphatic heterocycles. The number of rotatable bonds is 2. The van der Waals surface area contributed by atoms with E-state index in [1.54, 1.807) is 6.07 Å². The minimum absolute atomic E-state index is 0.269. The number of aryl methyl sites for hydroxylation is 1. The van der Waals surface area contributed by atoms with E-state index < -0.39 is 0 Å². The van der Waals surface area contributed by atoms with E-state index in [0.29, 0.717) is 12.1 Å².